The average molecular weight is 393 g/mol. The highest BCUT2D eigenvalue weighted by atomic mass is 16.2. The lowest BCUT2D eigenvalue weighted by atomic mass is 10.1. The van der Waals surface area contributed by atoms with Crippen molar-refractivity contribution in [2.45, 2.75) is 45.7 Å². The number of hydrogen-bond acceptors (Lipinski definition) is 4. The Labute approximate surface area is 169 Å². The molecule has 0 atom stereocenters. The molecule has 3 aromatic rings. The fourth-order valence-corrected chi connectivity index (χ4v) is 4.02. The molecule has 3 heterocycles. The van der Waals surface area contributed by atoms with E-state index in [9.17, 15) is 9.59 Å². The van der Waals surface area contributed by atoms with E-state index in [2.05, 4.69) is 42.7 Å². The number of nitrogens with zero attached hydrogens (tertiary/aromatic N) is 5. The van der Waals surface area contributed by atoms with Crippen LogP contribution in [0.3, 0.4) is 0 Å². The molecule has 29 heavy (non-hydrogen) atoms. The molecule has 0 saturated heterocycles. The van der Waals surface area contributed by atoms with Gasteiger partial charge in [-0.15, -0.1) is 6.58 Å². The lowest BCUT2D eigenvalue weighted by molar-refractivity contribution is 0.598. The van der Waals surface area contributed by atoms with E-state index in [-0.39, 0.29) is 17.8 Å². The van der Waals surface area contributed by atoms with Gasteiger partial charge in [-0.3, -0.25) is 13.9 Å². The Bertz CT molecular complexity index is 1170. The van der Waals surface area contributed by atoms with Gasteiger partial charge in [-0.05, 0) is 37.0 Å². The van der Waals surface area contributed by atoms with Gasteiger partial charge >= 0.3 is 5.69 Å². The van der Waals surface area contributed by atoms with Crippen LogP contribution in [0, 0.1) is 0 Å². The SMILES string of the molecule is C=CCn1c(=O)c2c(nc3n2CCCN3c2ccc(CCCC)cc2)n(C)c1=O. The Hall–Kier alpha value is -3.09. The number of aryl methyl sites for hydroxylation is 3. The van der Waals surface area contributed by atoms with Crippen LogP contribution in [0.1, 0.15) is 31.7 Å². The van der Waals surface area contributed by atoms with Gasteiger partial charge in [0.05, 0.1) is 0 Å². The van der Waals surface area contributed by atoms with Crippen LogP contribution in [0.25, 0.3) is 11.2 Å². The second-order valence-electron chi connectivity index (χ2n) is 7.56. The minimum Gasteiger partial charge on any atom is -0.312 e. The molecule has 2 aromatic heterocycles. The van der Waals surface area contributed by atoms with Gasteiger partial charge in [-0.25, -0.2) is 4.79 Å². The van der Waals surface area contributed by atoms with Gasteiger partial charge in [-0.1, -0.05) is 31.6 Å². The summed E-state index contributed by atoms with van der Waals surface area (Å²) < 4.78 is 4.62. The molecule has 152 valence electrons. The normalized spacial score (nSPS) is 13.7. The van der Waals surface area contributed by atoms with E-state index in [1.54, 1.807) is 13.1 Å². The van der Waals surface area contributed by atoms with Crippen molar-refractivity contribution in [3.63, 3.8) is 0 Å². The van der Waals surface area contributed by atoms with Crippen LogP contribution in [-0.4, -0.2) is 25.2 Å². The van der Waals surface area contributed by atoms with Gasteiger partial charge in [0.15, 0.2) is 11.2 Å². The van der Waals surface area contributed by atoms with Crippen molar-refractivity contribution in [1.29, 1.82) is 0 Å². The summed E-state index contributed by atoms with van der Waals surface area (Å²) in [6, 6.07) is 8.57. The van der Waals surface area contributed by atoms with Gasteiger partial charge < -0.3 is 9.47 Å². The predicted molar refractivity (Wildman–Crippen MR) is 116 cm³/mol. The van der Waals surface area contributed by atoms with Gasteiger partial charge in [0.1, 0.15) is 0 Å². The Morgan fingerprint density at radius 3 is 2.62 bits per heavy atom. The first-order valence-electron chi connectivity index (χ1n) is 10.2. The third-order valence-electron chi connectivity index (χ3n) is 5.60. The van der Waals surface area contributed by atoms with E-state index in [0.29, 0.717) is 17.7 Å². The summed E-state index contributed by atoms with van der Waals surface area (Å²) in [6.07, 6.45) is 5.92. The van der Waals surface area contributed by atoms with Crippen molar-refractivity contribution >= 4 is 22.8 Å². The smallest absolute Gasteiger partial charge is 0.312 e. The van der Waals surface area contributed by atoms with Gasteiger partial charge in [0.25, 0.3) is 5.56 Å². The van der Waals surface area contributed by atoms with Crippen LogP contribution in [0.5, 0.6) is 0 Å². The Balaban J connectivity index is 1.83. The van der Waals surface area contributed by atoms with E-state index in [4.69, 9.17) is 4.98 Å². The van der Waals surface area contributed by atoms with E-state index >= 15 is 0 Å². The van der Waals surface area contributed by atoms with Crippen LogP contribution in [0.15, 0.2) is 46.5 Å². The molecular formula is C22H27N5O2. The summed E-state index contributed by atoms with van der Waals surface area (Å²) in [5.74, 6) is 0.719. The molecule has 7 heteroatoms. The molecule has 7 nitrogen and oxygen atoms in total. The quantitative estimate of drug-likeness (QED) is 0.604. The fourth-order valence-electron chi connectivity index (χ4n) is 4.02. The molecule has 0 N–H and O–H groups in total. The van der Waals surface area contributed by atoms with Crippen molar-refractivity contribution in [3.8, 4) is 0 Å². The number of hydrogen-bond donors (Lipinski definition) is 0. The second kappa shape index (κ2) is 7.73. The number of anilines is 2. The Morgan fingerprint density at radius 2 is 1.93 bits per heavy atom. The summed E-state index contributed by atoms with van der Waals surface area (Å²) in [6.45, 7) is 7.58. The Morgan fingerprint density at radius 1 is 1.17 bits per heavy atom. The molecule has 4 rings (SSSR count). The molecular weight excluding hydrogens is 366 g/mol. The first-order valence-corrected chi connectivity index (χ1v) is 10.2. The third kappa shape index (κ3) is 3.20. The van der Waals surface area contributed by atoms with Crippen molar-refractivity contribution in [2.24, 2.45) is 7.05 Å². The van der Waals surface area contributed by atoms with Crippen molar-refractivity contribution in [2.75, 3.05) is 11.4 Å². The number of rotatable bonds is 6. The number of fused-ring (bicyclic) bond motifs is 3. The van der Waals surface area contributed by atoms with E-state index in [1.807, 2.05) is 4.57 Å². The summed E-state index contributed by atoms with van der Waals surface area (Å²) in [5, 5.41) is 0. The topological polar surface area (TPSA) is 65.1 Å². The number of allylic oxidation sites excluding steroid dienone is 1. The van der Waals surface area contributed by atoms with Crippen LogP contribution in [0.2, 0.25) is 0 Å². The summed E-state index contributed by atoms with van der Waals surface area (Å²) >= 11 is 0. The lowest BCUT2D eigenvalue weighted by Gasteiger charge is -2.29. The highest BCUT2D eigenvalue weighted by molar-refractivity contribution is 5.77. The molecule has 1 aliphatic heterocycles. The Kier molecular flexibility index (Phi) is 5.13. The maximum atomic E-state index is 13.0. The lowest BCUT2D eigenvalue weighted by Crippen LogP contribution is -2.39. The number of aromatic nitrogens is 4. The van der Waals surface area contributed by atoms with Crippen LogP contribution < -0.4 is 16.1 Å². The molecule has 1 aromatic carbocycles. The molecule has 0 radical (unpaired) electrons. The van der Waals surface area contributed by atoms with Crippen LogP contribution in [0.4, 0.5) is 11.6 Å². The highest BCUT2D eigenvalue weighted by Crippen LogP contribution is 2.31. The molecule has 0 fully saturated rings. The van der Waals surface area contributed by atoms with E-state index in [1.165, 1.54) is 27.5 Å². The minimum absolute atomic E-state index is 0.185. The molecule has 0 bridgehead atoms. The van der Waals surface area contributed by atoms with E-state index in [0.717, 1.165) is 31.0 Å². The van der Waals surface area contributed by atoms with Crippen molar-refractivity contribution < 1.29 is 0 Å². The van der Waals surface area contributed by atoms with Gasteiger partial charge in [0.2, 0.25) is 5.95 Å². The molecule has 0 amide bonds. The maximum absolute atomic E-state index is 13.0. The number of imidazole rings is 1. The minimum atomic E-state index is -0.371. The molecule has 0 unspecified atom stereocenters. The number of benzene rings is 1. The van der Waals surface area contributed by atoms with Crippen molar-refractivity contribution in [3.05, 3.63) is 63.3 Å². The first kappa shape index (κ1) is 19.2. The van der Waals surface area contributed by atoms with Gasteiger partial charge in [-0.2, -0.15) is 4.98 Å². The fraction of sp³-hybridized carbons (Fsp3) is 0.409. The standard InChI is InChI=1S/C22H27N5O2/c1-4-6-8-16-9-11-17(12-10-16)25-14-7-15-26-18-19(23-21(25)26)24(3)22(29)27(13-5-2)20(18)28/h5,9-12H,2,4,6-8,13-15H2,1,3H3. The zero-order chi connectivity index (χ0) is 20.5. The first-order chi connectivity index (χ1) is 14.1. The molecule has 0 aliphatic carbocycles. The molecule has 0 saturated carbocycles. The van der Waals surface area contributed by atoms with E-state index < -0.39 is 0 Å². The third-order valence-corrected chi connectivity index (χ3v) is 5.60. The highest BCUT2D eigenvalue weighted by Gasteiger charge is 2.26. The molecule has 0 spiro atoms. The summed E-state index contributed by atoms with van der Waals surface area (Å²) in [7, 11) is 1.66. The molecule has 1 aliphatic rings. The average Bonchev–Trinajstić information content (AvgIpc) is 3.14. The second-order valence-corrected chi connectivity index (χ2v) is 7.56. The van der Waals surface area contributed by atoms with Gasteiger partial charge in [0, 0.05) is 32.4 Å². The summed E-state index contributed by atoms with van der Waals surface area (Å²) in [4.78, 5) is 32.5. The monoisotopic (exact) mass is 393 g/mol. The maximum Gasteiger partial charge on any atom is 0.332 e. The van der Waals surface area contributed by atoms with Crippen LogP contribution >= 0.6 is 0 Å². The zero-order valence-corrected chi connectivity index (χ0v) is 17.1. The predicted octanol–water partition coefficient (Wildman–Crippen LogP) is 2.97. The largest absolute Gasteiger partial charge is 0.332 e. The van der Waals surface area contributed by atoms with Crippen molar-refractivity contribution in [1.82, 2.24) is 18.7 Å². The number of unbranched alkanes of at least 4 members (excludes halogenated alkanes) is 1. The zero-order valence-electron chi connectivity index (χ0n) is 17.1. The summed E-state index contributed by atoms with van der Waals surface area (Å²) in [5.41, 5.74) is 2.62. The van der Waals surface area contributed by atoms with Crippen LogP contribution in [-0.2, 0) is 26.6 Å².